The lowest BCUT2D eigenvalue weighted by atomic mass is 10.1. The van der Waals surface area contributed by atoms with Crippen LogP contribution in [0.2, 0.25) is 0 Å². The van der Waals surface area contributed by atoms with Crippen LogP contribution in [0.25, 0.3) is 0 Å². The highest BCUT2D eigenvalue weighted by Gasteiger charge is 2.21. The first-order chi connectivity index (χ1) is 14.0. The molecule has 0 bridgehead atoms. The molecule has 2 heterocycles. The molecule has 0 aliphatic rings. The van der Waals surface area contributed by atoms with Crippen LogP contribution in [-0.4, -0.2) is 34.9 Å². The van der Waals surface area contributed by atoms with E-state index in [0.29, 0.717) is 19.5 Å². The van der Waals surface area contributed by atoms with E-state index in [2.05, 4.69) is 0 Å². The van der Waals surface area contributed by atoms with Gasteiger partial charge in [-0.1, -0.05) is 36.4 Å². The summed E-state index contributed by atoms with van der Waals surface area (Å²) < 4.78 is 9.79. The van der Waals surface area contributed by atoms with Crippen LogP contribution in [0, 0.1) is 10.1 Å². The number of hydrogen-bond acceptors (Lipinski definition) is 7. The minimum absolute atomic E-state index is 0.321. The number of nitrogens with zero attached hydrogens (tertiary/aromatic N) is 2. The van der Waals surface area contributed by atoms with Crippen molar-refractivity contribution in [3.8, 4) is 0 Å². The first kappa shape index (κ1) is 20.3. The zero-order valence-corrected chi connectivity index (χ0v) is 16.2. The molecular weight excluding hydrogens is 396 g/mol. The number of rotatable bonds is 9. The fourth-order valence-corrected chi connectivity index (χ4v) is 3.34. The van der Waals surface area contributed by atoms with Crippen molar-refractivity contribution in [1.82, 2.24) is 4.90 Å². The molecule has 0 N–H and O–H groups in total. The van der Waals surface area contributed by atoms with Gasteiger partial charge in [-0.05, 0) is 29.5 Å². The van der Waals surface area contributed by atoms with E-state index in [1.54, 1.807) is 4.90 Å². The van der Waals surface area contributed by atoms with E-state index in [1.807, 2.05) is 47.8 Å². The van der Waals surface area contributed by atoms with Gasteiger partial charge in [-0.2, -0.15) is 0 Å². The maximum Gasteiger partial charge on any atom is 0.433 e. The Balaban J connectivity index is 1.60. The van der Waals surface area contributed by atoms with Gasteiger partial charge in [-0.25, -0.2) is 4.79 Å². The Morgan fingerprint density at radius 2 is 1.90 bits per heavy atom. The largest absolute Gasteiger partial charge is 0.450 e. The molecule has 0 atom stereocenters. The average Bonchev–Trinajstić information content (AvgIpc) is 3.42. The molecule has 0 unspecified atom stereocenters. The van der Waals surface area contributed by atoms with Crippen LogP contribution in [0.3, 0.4) is 0 Å². The van der Waals surface area contributed by atoms with E-state index < -0.39 is 23.4 Å². The Morgan fingerprint density at radius 3 is 2.55 bits per heavy atom. The summed E-state index contributed by atoms with van der Waals surface area (Å²) in [6.45, 7) is 0.394. The number of esters is 1. The third-order valence-corrected chi connectivity index (χ3v) is 4.95. The topological polar surface area (TPSA) is 103 Å². The van der Waals surface area contributed by atoms with Crippen LogP contribution in [-0.2, 0) is 22.5 Å². The van der Waals surface area contributed by atoms with Crippen molar-refractivity contribution in [1.29, 1.82) is 0 Å². The molecule has 0 radical (unpaired) electrons. The Bertz CT molecular complexity index is 968. The van der Waals surface area contributed by atoms with E-state index in [4.69, 9.17) is 9.15 Å². The van der Waals surface area contributed by atoms with Crippen molar-refractivity contribution in [2.75, 3.05) is 13.2 Å². The molecule has 0 aliphatic heterocycles. The molecule has 0 saturated carbocycles. The van der Waals surface area contributed by atoms with Gasteiger partial charge in [0.2, 0.25) is 5.76 Å². The number of amides is 1. The van der Waals surface area contributed by atoms with E-state index in [0.717, 1.165) is 22.6 Å². The average molecular weight is 414 g/mol. The fraction of sp³-hybridized carbons (Fsp3) is 0.200. The molecule has 3 aromatic rings. The quantitative estimate of drug-likeness (QED) is 0.301. The molecule has 2 aromatic heterocycles. The summed E-state index contributed by atoms with van der Waals surface area (Å²) in [5, 5.41) is 12.6. The molecule has 0 aliphatic carbocycles. The normalized spacial score (nSPS) is 10.5. The lowest BCUT2D eigenvalue weighted by Crippen LogP contribution is -2.35. The minimum Gasteiger partial charge on any atom is -0.450 e. The Morgan fingerprint density at radius 1 is 1.10 bits per heavy atom. The van der Waals surface area contributed by atoms with Crippen molar-refractivity contribution in [2.24, 2.45) is 0 Å². The second kappa shape index (κ2) is 9.65. The van der Waals surface area contributed by atoms with Gasteiger partial charge in [0, 0.05) is 11.4 Å². The van der Waals surface area contributed by atoms with Gasteiger partial charge in [0.15, 0.2) is 6.61 Å². The van der Waals surface area contributed by atoms with Crippen LogP contribution in [0.15, 0.2) is 64.4 Å². The molecule has 1 aromatic carbocycles. The lowest BCUT2D eigenvalue weighted by molar-refractivity contribution is -0.402. The van der Waals surface area contributed by atoms with Gasteiger partial charge >= 0.3 is 11.9 Å². The molecule has 0 fully saturated rings. The molecule has 9 heteroatoms. The van der Waals surface area contributed by atoms with Crippen molar-refractivity contribution in [2.45, 2.75) is 13.0 Å². The maximum absolute atomic E-state index is 12.7. The fourth-order valence-electron chi connectivity index (χ4n) is 2.62. The Labute approximate surface area is 170 Å². The maximum atomic E-state index is 12.7. The number of hydrogen-bond donors (Lipinski definition) is 0. The first-order valence-electron chi connectivity index (χ1n) is 8.78. The zero-order chi connectivity index (χ0) is 20.6. The summed E-state index contributed by atoms with van der Waals surface area (Å²) in [7, 11) is 0. The van der Waals surface area contributed by atoms with E-state index in [9.17, 15) is 19.7 Å². The smallest absolute Gasteiger partial charge is 0.433 e. The number of carbonyl (C=O) groups excluding carboxylic acids is 2. The van der Waals surface area contributed by atoms with Crippen molar-refractivity contribution >= 4 is 29.1 Å². The number of nitro groups is 1. The second-order valence-corrected chi connectivity index (χ2v) is 7.13. The van der Waals surface area contributed by atoms with E-state index in [-0.39, 0.29) is 11.7 Å². The minimum atomic E-state index is -0.925. The van der Waals surface area contributed by atoms with Crippen molar-refractivity contribution in [3.63, 3.8) is 0 Å². The van der Waals surface area contributed by atoms with Gasteiger partial charge in [0.1, 0.15) is 4.92 Å². The number of benzene rings is 1. The summed E-state index contributed by atoms with van der Waals surface area (Å²) in [5.41, 5.74) is 1.09. The molecule has 8 nitrogen and oxygen atoms in total. The second-order valence-electron chi connectivity index (χ2n) is 6.10. The molecule has 0 saturated heterocycles. The highest BCUT2D eigenvalue weighted by Crippen LogP contribution is 2.17. The number of furan rings is 1. The van der Waals surface area contributed by atoms with Gasteiger partial charge in [0.05, 0.1) is 12.6 Å². The Hall–Kier alpha value is -3.46. The third kappa shape index (κ3) is 5.76. The van der Waals surface area contributed by atoms with E-state index in [1.165, 1.54) is 11.3 Å². The summed E-state index contributed by atoms with van der Waals surface area (Å²) in [6.07, 6.45) is 0.663. The highest BCUT2D eigenvalue weighted by atomic mass is 32.1. The van der Waals surface area contributed by atoms with Gasteiger partial charge in [-0.3, -0.25) is 14.9 Å². The van der Waals surface area contributed by atoms with Crippen LogP contribution < -0.4 is 0 Å². The van der Waals surface area contributed by atoms with Gasteiger partial charge in [-0.15, -0.1) is 11.3 Å². The van der Waals surface area contributed by atoms with E-state index >= 15 is 0 Å². The summed E-state index contributed by atoms with van der Waals surface area (Å²) in [6, 6.07) is 15.8. The SMILES string of the molecule is O=C(OCC(=O)N(CCc1ccccc1)Cc1cccs1)c1ccc([N+](=O)[O-])o1. The zero-order valence-electron chi connectivity index (χ0n) is 15.4. The van der Waals surface area contributed by atoms with Gasteiger partial charge < -0.3 is 14.1 Å². The molecule has 3 rings (SSSR count). The molecule has 150 valence electrons. The summed E-state index contributed by atoms with van der Waals surface area (Å²) >= 11 is 1.54. The van der Waals surface area contributed by atoms with Crippen LogP contribution >= 0.6 is 11.3 Å². The standard InChI is InChI=1S/C20H18N2O6S/c23-18(14-27-20(24)17-8-9-19(28-17)22(25)26)21(13-16-7-4-12-29-16)11-10-15-5-2-1-3-6-15/h1-9,12H,10-11,13-14H2. The molecular formula is C20H18N2O6S. The molecule has 1 amide bonds. The van der Waals surface area contributed by atoms with Gasteiger partial charge in [0.25, 0.3) is 5.91 Å². The van der Waals surface area contributed by atoms with Crippen LogP contribution in [0.5, 0.6) is 0 Å². The molecule has 29 heavy (non-hydrogen) atoms. The number of ether oxygens (including phenoxy) is 1. The lowest BCUT2D eigenvalue weighted by Gasteiger charge is -2.22. The predicted molar refractivity (Wildman–Crippen MR) is 106 cm³/mol. The number of carbonyl (C=O) groups is 2. The number of thiophene rings is 1. The Kier molecular flexibility index (Phi) is 6.75. The molecule has 0 spiro atoms. The van der Waals surface area contributed by atoms with Crippen LogP contribution in [0.1, 0.15) is 21.0 Å². The third-order valence-electron chi connectivity index (χ3n) is 4.09. The van der Waals surface area contributed by atoms with Crippen molar-refractivity contribution < 1.29 is 23.7 Å². The highest BCUT2D eigenvalue weighted by molar-refractivity contribution is 7.09. The predicted octanol–water partition coefficient (Wildman–Crippen LogP) is 3.68. The summed E-state index contributed by atoms with van der Waals surface area (Å²) in [5.74, 6) is -2.17. The monoisotopic (exact) mass is 414 g/mol. The van der Waals surface area contributed by atoms with Crippen molar-refractivity contribution in [3.05, 3.63) is 86.3 Å². The summed E-state index contributed by atoms with van der Waals surface area (Å²) in [4.78, 5) is 37.2. The first-order valence-corrected chi connectivity index (χ1v) is 9.66. The van der Waals surface area contributed by atoms with Crippen LogP contribution in [0.4, 0.5) is 5.88 Å².